The van der Waals surface area contributed by atoms with Crippen LogP contribution in [0.25, 0.3) is 0 Å². The van der Waals surface area contributed by atoms with Gasteiger partial charge < -0.3 is 19.3 Å². The monoisotopic (exact) mass is 280 g/mol. The highest BCUT2D eigenvalue weighted by Crippen LogP contribution is 2.37. The second-order valence-corrected chi connectivity index (χ2v) is 4.90. The highest BCUT2D eigenvalue weighted by Gasteiger charge is 2.24. The first-order chi connectivity index (χ1) is 9.63. The van der Waals surface area contributed by atoms with E-state index in [0.717, 1.165) is 19.4 Å². The smallest absolute Gasteiger partial charge is 0.310 e. The van der Waals surface area contributed by atoms with Crippen LogP contribution >= 0.6 is 0 Å². The topological polar surface area (TPSA) is 65.0 Å². The molecule has 0 aromatic heterocycles. The number of ether oxygens (including phenoxy) is 3. The fourth-order valence-electron chi connectivity index (χ4n) is 2.26. The molecular weight excluding hydrogens is 260 g/mol. The van der Waals surface area contributed by atoms with Crippen LogP contribution in [-0.2, 0) is 9.53 Å². The molecule has 0 bridgehead atoms. The summed E-state index contributed by atoms with van der Waals surface area (Å²) in [5.74, 6) is -0.464. The molecule has 2 unspecified atom stereocenters. The number of benzene rings is 1. The maximum Gasteiger partial charge on any atom is 0.310 e. The van der Waals surface area contributed by atoms with Crippen LogP contribution in [0.3, 0.4) is 0 Å². The van der Waals surface area contributed by atoms with E-state index in [1.807, 2.05) is 0 Å². The van der Waals surface area contributed by atoms with Crippen molar-refractivity contribution in [1.82, 2.24) is 0 Å². The lowest BCUT2D eigenvalue weighted by Gasteiger charge is -2.26. The molecule has 20 heavy (non-hydrogen) atoms. The summed E-state index contributed by atoms with van der Waals surface area (Å²) in [6.45, 7) is 2.92. The van der Waals surface area contributed by atoms with Gasteiger partial charge in [-0.2, -0.15) is 0 Å². The number of carboxylic acids is 1. The largest absolute Gasteiger partial charge is 0.493 e. The van der Waals surface area contributed by atoms with Crippen LogP contribution < -0.4 is 9.47 Å². The van der Waals surface area contributed by atoms with Crippen LogP contribution in [0.1, 0.15) is 31.2 Å². The second-order valence-electron chi connectivity index (χ2n) is 4.90. The molecular formula is C15H20O5. The minimum absolute atomic E-state index is 0.0557. The summed E-state index contributed by atoms with van der Waals surface area (Å²) < 4.78 is 16.7. The fraction of sp³-hybridized carbons (Fsp3) is 0.533. The number of methoxy groups -OCH3 is 1. The lowest BCUT2D eigenvalue weighted by Crippen LogP contribution is -2.28. The Kier molecular flexibility index (Phi) is 4.84. The van der Waals surface area contributed by atoms with Gasteiger partial charge in [-0.3, -0.25) is 4.79 Å². The van der Waals surface area contributed by atoms with Gasteiger partial charge in [0.2, 0.25) is 0 Å². The van der Waals surface area contributed by atoms with Crippen molar-refractivity contribution >= 4 is 5.97 Å². The van der Waals surface area contributed by atoms with Gasteiger partial charge in [-0.1, -0.05) is 12.1 Å². The molecule has 1 heterocycles. The summed E-state index contributed by atoms with van der Waals surface area (Å²) in [5.41, 5.74) is 0.627. The molecule has 5 nitrogen and oxygen atoms in total. The Labute approximate surface area is 118 Å². The van der Waals surface area contributed by atoms with E-state index in [9.17, 15) is 9.90 Å². The van der Waals surface area contributed by atoms with E-state index in [1.54, 1.807) is 32.2 Å². The molecule has 1 saturated heterocycles. The van der Waals surface area contributed by atoms with Crippen LogP contribution in [0.4, 0.5) is 0 Å². The molecule has 2 rings (SSSR count). The van der Waals surface area contributed by atoms with Gasteiger partial charge in [-0.15, -0.1) is 0 Å². The van der Waals surface area contributed by atoms with E-state index in [0.29, 0.717) is 23.7 Å². The zero-order chi connectivity index (χ0) is 14.5. The van der Waals surface area contributed by atoms with Gasteiger partial charge in [-0.25, -0.2) is 0 Å². The standard InChI is InChI=1S/C15H20O5/c1-10(15(16)17)12-6-3-7-13(18-2)14(12)20-11-5-4-8-19-9-11/h3,6-7,10-11H,4-5,8-9H2,1-2H3,(H,16,17). The lowest BCUT2D eigenvalue weighted by atomic mass is 9.99. The molecule has 1 aliphatic heterocycles. The highest BCUT2D eigenvalue weighted by atomic mass is 16.5. The molecule has 0 spiro atoms. The molecule has 1 fully saturated rings. The predicted molar refractivity (Wildman–Crippen MR) is 73.5 cm³/mol. The van der Waals surface area contributed by atoms with E-state index < -0.39 is 11.9 Å². The third kappa shape index (κ3) is 3.22. The molecule has 0 saturated carbocycles. The highest BCUT2D eigenvalue weighted by molar-refractivity contribution is 5.77. The summed E-state index contributed by atoms with van der Waals surface area (Å²) in [5, 5.41) is 9.21. The lowest BCUT2D eigenvalue weighted by molar-refractivity contribution is -0.138. The Morgan fingerprint density at radius 2 is 2.30 bits per heavy atom. The van der Waals surface area contributed by atoms with Crippen molar-refractivity contribution in [2.75, 3.05) is 20.3 Å². The molecule has 1 aromatic carbocycles. The summed E-state index contributed by atoms with van der Waals surface area (Å²) >= 11 is 0. The van der Waals surface area contributed by atoms with Crippen molar-refractivity contribution < 1.29 is 24.1 Å². The van der Waals surface area contributed by atoms with E-state index in [4.69, 9.17) is 14.2 Å². The number of hydrogen-bond acceptors (Lipinski definition) is 4. The Hall–Kier alpha value is -1.75. The minimum Gasteiger partial charge on any atom is -0.493 e. The normalized spacial score (nSPS) is 20.2. The maximum atomic E-state index is 11.2. The predicted octanol–water partition coefficient (Wildman–Crippen LogP) is 2.44. The maximum absolute atomic E-state index is 11.2. The molecule has 0 radical (unpaired) electrons. The minimum atomic E-state index is -0.886. The summed E-state index contributed by atoms with van der Waals surface area (Å²) in [6.07, 6.45) is 1.79. The van der Waals surface area contributed by atoms with Gasteiger partial charge in [0.25, 0.3) is 0 Å². The number of carbonyl (C=O) groups is 1. The van der Waals surface area contributed by atoms with Gasteiger partial charge >= 0.3 is 5.97 Å². The Morgan fingerprint density at radius 3 is 2.90 bits per heavy atom. The van der Waals surface area contributed by atoms with Crippen molar-refractivity contribution in [3.63, 3.8) is 0 Å². The van der Waals surface area contributed by atoms with Crippen molar-refractivity contribution in [2.45, 2.75) is 31.8 Å². The van der Waals surface area contributed by atoms with Crippen LogP contribution in [0.15, 0.2) is 18.2 Å². The zero-order valence-corrected chi connectivity index (χ0v) is 11.8. The van der Waals surface area contributed by atoms with Gasteiger partial charge in [0, 0.05) is 12.2 Å². The summed E-state index contributed by atoms with van der Waals surface area (Å²) in [7, 11) is 1.55. The number of hydrogen-bond donors (Lipinski definition) is 1. The van der Waals surface area contributed by atoms with Crippen molar-refractivity contribution in [3.8, 4) is 11.5 Å². The first-order valence-electron chi connectivity index (χ1n) is 6.77. The van der Waals surface area contributed by atoms with Gasteiger partial charge in [-0.05, 0) is 25.8 Å². The first kappa shape index (κ1) is 14.7. The number of aliphatic carboxylic acids is 1. The molecule has 1 aromatic rings. The number of para-hydroxylation sites is 1. The van der Waals surface area contributed by atoms with Gasteiger partial charge in [0.15, 0.2) is 11.5 Å². The number of rotatable bonds is 5. The Morgan fingerprint density at radius 1 is 1.50 bits per heavy atom. The Bertz CT molecular complexity index is 465. The van der Waals surface area contributed by atoms with Crippen LogP contribution in [0.2, 0.25) is 0 Å². The average molecular weight is 280 g/mol. The summed E-state index contributed by atoms with van der Waals surface area (Å²) in [4.78, 5) is 11.2. The van der Waals surface area contributed by atoms with Crippen molar-refractivity contribution in [2.24, 2.45) is 0 Å². The number of carboxylic acid groups (broad SMARTS) is 1. The second kappa shape index (κ2) is 6.61. The molecule has 0 amide bonds. The van der Waals surface area contributed by atoms with Crippen LogP contribution in [0, 0.1) is 0 Å². The van der Waals surface area contributed by atoms with Crippen LogP contribution in [0.5, 0.6) is 11.5 Å². The average Bonchev–Trinajstić information content (AvgIpc) is 2.47. The quantitative estimate of drug-likeness (QED) is 0.897. The fourth-order valence-corrected chi connectivity index (χ4v) is 2.26. The SMILES string of the molecule is COc1cccc(C(C)C(=O)O)c1OC1CCCOC1. The van der Waals surface area contributed by atoms with E-state index in [-0.39, 0.29) is 6.10 Å². The third-order valence-electron chi connectivity index (χ3n) is 3.47. The zero-order valence-electron chi connectivity index (χ0n) is 11.8. The molecule has 2 atom stereocenters. The van der Waals surface area contributed by atoms with E-state index in [1.165, 1.54) is 0 Å². The van der Waals surface area contributed by atoms with E-state index in [2.05, 4.69) is 0 Å². The van der Waals surface area contributed by atoms with Gasteiger partial charge in [0.1, 0.15) is 6.10 Å². The van der Waals surface area contributed by atoms with Crippen molar-refractivity contribution in [1.29, 1.82) is 0 Å². The van der Waals surface area contributed by atoms with Gasteiger partial charge in [0.05, 0.1) is 19.6 Å². The first-order valence-corrected chi connectivity index (χ1v) is 6.77. The van der Waals surface area contributed by atoms with E-state index >= 15 is 0 Å². The summed E-state index contributed by atoms with van der Waals surface area (Å²) in [6, 6.07) is 5.31. The molecule has 1 N–H and O–H groups in total. The Balaban J connectivity index is 2.29. The molecule has 5 heteroatoms. The van der Waals surface area contributed by atoms with Crippen LogP contribution in [-0.4, -0.2) is 37.5 Å². The third-order valence-corrected chi connectivity index (χ3v) is 3.47. The molecule has 110 valence electrons. The van der Waals surface area contributed by atoms with Crippen molar-refractivity contribution in [3.05, 3.63) is 23.8 Å². The molecule has 1 aliphatic rings. The molecule has 0 aliphatic carbocycles.